The molecule has 2 heteroatoms. The molecule has 126 valence electrons. The fourth-order valence-electron chi connectivity index (χ4n) is 2.90. The van der Waals surface area contributed by atoms with Gasteiger partial charge in [-0.25, -0.2) is 0 Å². The van der Waals surface area contributed by atoms with Gasteiger partial charge in [0.05, 0.1) is 18.8 Å². The third kappa shape index (κ3) is 3.98. The lowest BCUT2D eigenvalue weighted by molar-refractivity contribution is 0.340. The first-order chi connectivity index (χ1) is 12.0. The molecule has 2 aromatic rings. The first-order valence-electron chi connectivity index (χ1n) is 8.31. The molecular weight excluding hydrogens is 328 g/mol. The Hall–Kier alpha value is -2.43. The molecule has 0 aromatic heterocycles. The highest BCUT2D eigenvalue weighted by atomic mass is 35.5. The summed E-state index contributed by atoms with van der Waals surface area (Å²) in [5.74, 6) is 6.74. The van der Waals surface area contributed by atoms with Gasteiger partial charge in [-0.2, -0.15) is 0 Å². The zero-order chi connectivity index (χ0) is 17.9. The minimum atomic E-state index is -0.244. The number of ether oxygens (including phenoxy) is 1. The van der Waals surface area contributed by atoms with Crippen molar-refractivity contribution in [3.63, 3.8) is 0 Å². The molecule has 0 N–H and O–H groups in total. The number of allylic oxidation sites excluding steroid dienone is 3. The van der Waals surface area contributed by atoms with Gasteiger partial charge in [-0.15, -0.1) is 0 Å². The molecule has 0 radical (unpaired) electrons. The Kier molecular flexibility index (Phi) is 5.02. The number of benzene rings is 2. The van der Waals surface area contributed by atoms with Crippen LogP contribution in [-0.2, 0) is 16.6 Å². The molecule has 0 unspecified atom stereocenters. The summed E-state index contributed by atoms with van der Waals surface area (Å²) in [5, 5.41) is 0.743. The van der Waals surface area contributed by atoms with E-state index in [1.54, 1.807) is 13.4 Å². The van der Waals surface area contributed by atoms with Crippen molar-refractivity contribution in [2.24, 2.45) is 0 Å². The van der Waals surface area contributed by atoms with Crippen molar-refractivity contribution in [1.29, 1.82) is 0 Å². The van der Waals surface area contributed by atoms with E-state index in [-0.39, 0.29) is 5.41 Å². The molecule has 0 aliphatic heterocycles. The lowest BCUT2D eigenvalue weighted by Gasteiger charge is -2.18. The molecule has 0 saturated heterocycles. The Labute approximate surface area is 155 Å². The normalized spacial score (nSPS) is 14.6. The third-order valence-electron chi connectivity index (χ3n) is 4.39. The third-order valence-corrected chi connectivity index (χ3v) is 4.64. The van der Waals surface area contributed by atoms with Crippen LogP contribution in [0.1, 0.15) is 36.1 Å². The van der Waals surface area contributed by atoms with Crippen LogP contribution in [0, 0.1) is 11.8 Å². The molecule has 1 nitrogen and oxygen atoms in total. The summed E-state index contributed by atoms with van der Waals surface area (Å²) in [6.07, 6.45) is 6.98. The van der Waals surface area contributed by atoms with Gasteiger partial charge in [-0.05, 0) is 61.2 Å². The summed E-state index contributed by atoms with van der Waals surface area (Å²) in [7, 11) is 1.67. The second-order valence-corrected chi connectivity index (χ2v) is 7.11. The van der Waals surface area contributed by atoms with E-state index in [1.807, 2.05) is 24.3 Å². The first-order valence-corrected chi connectivity index (χ1v) is 8.69. The lowest BCUT2D eigenvalue weighted by Crippen LogP contribution is -2.13. The molecule has 1 aliphatic rings. The predicted molar refractivity (Wildman–Crippen MR) is 106 cm³/mol. The molecule has 0 heterocycles. The van der Waals surface area contributed by atoms with E-state index in [4.69, 9.17) is 16.3 Å². The van der Waals surface area contributed by atoms with Gasteiger partial charge in [0.1, 0.15) is 0 Å². The molecule has 0 amide bonds. The molecule has 2 aromatic carbocycles. The van der Waals surface area contributed by atoms with Crippen LogP contribution >= 0.6 is 11.6 Å². The average Bonchev–Trinajstić information content (AvgIpc) is 2.61. The zero-order valence-corrected chi connectivity index (χ0v) is 15.5. The summed E-state index contributed by atoms with van der Waals surface area (Å²) < 4.78 is 5.20. The second-order valence-electron chi connectivity index (χ2n) is 6.67. The maximum Gasteiger partial charge on any atom is 0.0903 e. The molecular formula is C23H21ClO. The Bertz CT molecular complexity index is 890. The van der Waals surface area contributed by atoms with Gasteiger partial charge in [0, 0.05) is 16.2 Å². The summed E-state index contributed by atoms with van der Waals surface area (Å²) in [5.41, 5.74) is 5.51. The highest BCUT2D eigenvalue weighted by Gasteiger charge is 2.17. The first kappa shape index (κ1) is 17.4. The number of rotatable bonds is 2. The summed E-state index contributed by atoms with van der Waals surface area (Å²) in [6, 6.07) is 14.3. The summed E-state index contributed by atoms with van der Waals surface area (Å²) in [6.45, 7) is 4.25. The van der Waals surface area contributed by atoms with E-state index in [0.29, 0.717) is 0 Å². The molecule has 0 saturated carbocycles. The van der Waals surface area contributed by atoms with Crippen LogP contribution < -0.4 is 0 Å². The van der Waals surface area contributed by atoms with E-state index in [9.17, 15) is 0 Å². The molecule has 0 spiro atoms. The van der Waals surface area contributed by atoms with Crippen molar-refractivity contribution in [1.82, 2.24) is 0 Å². The van der Waals surface area contributed by atoms with Gasteiger partial charge in [-0.3, -0.25) is 0 Å². The van der Waals surface area contributed by atoms with Crippen molar-refractivity contribution in [3.05, 3.63) is 88.2 Å². The van der Waals surface area contributed by atoms with E-state index in [0.717, 1.165) is 28.1 Å². The summed E-state index contributed by atoms with van der Waals surface area (Å²) >= 11 is 5.98. The van der Waals surface area contributed by atoms with Crippen molar-refractivity contribution in [3.8, 4) is 11.8 Å². The Morgan fingerprint density at radius 1 is 1.12 bits per heavy atom. The Morgan fingerprint density at radius 3 is 2.60 bits per heavy atom. The highest BCUT2D eigenvalue weighted by molar-refractivity contribution is 6.30. The summed E-state index contributed by atoms with van der Waals surface area (Å²) in [4.78, 5) is 0. The fraction of sp³-hybridized carbons (Fsp3) is 0.217. The fourth-order valence-corrected chi connectivity index (χ4v) is 3.03. The average molecular weight is 349 g/mol. The Balaban J connectivity index is 1.92. The van der Waals surface area contributed by atoms with Gasteiger partial charge < -0.3 is 4.74 Å². The van der Waals surface area contributed by atoms with E-state index >= 15 is 0 Å². The van der Waals surface area contributed by atoms with Gasteiger partial charge >= 0.3 is 0 Å². The SMILES string of the molecule is COC=C1C=CCc2ccc(C#CC(C)(C)c3ccc(Cl)cc3)cc21. The van der Waals surface area contributed by atoms with Crippen molar-refractivity contribution in [2.75, 3.05) is 7.11 Å². The quantitative estimate of drug-likeness (QED) is 0.494. The molecule has 3 rings (SSSR count). The number of hydrogen-bond donors (Lipinski definition) is 0. The van der Waals surface area contributed by atoms with Gasteiger partial charge in [-0.1, -0.05) is 53.8 Å². The molecule has 1 aliphatic carbocycles. The maximum absolute atomic E-state index is 5.98. The number of halogens is 1. The van der Waals surface area contributed by atoms with E-state index in [1.165, 1.54) is 11.1 Å². The largest absolute Gasteiger partial charge is 0.504 e. The molecule has 0 atom stereocenters. The smallest absolute Gasteiger partial charge is 0.0903 e. The predicted octanol–water partition coefficient (Wildman–Crippen LogP) is 5.77. The van der Waals surface area contributed by atoms with Crippen LogP contribution in [0.5, 0.6) is 0 Å². The van der Waals surface area contributed by atoms with Crippen molar-refractivity contribution >= 4 is 17.2 Å². The monoisotopic (exact) mass is 348 g/mol. The van der Waals surface area contributed by atoms with Gasteiger partial charge in [0.15, 0.2) is 0 Å². The zero-order valence-electron chi connectivity index (χ0n) is 14.8. The molecule has 25 heavy (non-hydrogen) atoms. The standard InChI is InChI=1S/C23H21ClO/c1-23(2,20-9-11-21(24)12-10-20)14-13-17-7-8-18-5-4-6-19(16-25-3)22(18)15-17/h4,6-12,15-16H,5H2,1-3H3. The van der Waals surface area contributed by atoms with E-state index < -0.39 is 0 Å². The van der Waals surface area contributed by atoms with E-state index in [2.05, 4.69) is 56.0 Å². The lowest BCUT2D eigenvalue weighted by atomic mass is 9.85. The number of methoxy groups -OCH3 is 1. The van der Waals surface area contributed by atoms with Crippen molar-refractivity contribution in [2.45, 2.75) is 25.7 Å². The minimum absolute atomic E-state index is 0.244. The van der Waals surface area contributed by atoms with Crippen LogP contribution in [-0.4, -0.2) is 7.11 Å². The highest BCUT2D eigenvalue weighted by Crippen LogP contribution is 2.28. The van der Waals surface area contributed by atoms with Crippen LogP contribution in [0.15, 0.2) is 60.9 Å². The molecule has 0 fully saturated rings. The van der Waals surface area contributed by atoms with Crippen LogP contribution in [0.25, 0.3) is 5.57 Å². The minimum Gasteiger partial charge on any atom is -0.504 e. The van der Waals surface area contributed by atoms with Crippen LogP contribution in [0.2, 0.25) is 5.02 Å². The van der Waals surface area contributed by atoms with Crippen molar-refractivity contribution < 1.29 is 4.74 Å². The number of hydrogen-bond acceptors (Lipinski definition) is 1. The Morgan fingerprint density at radius 2 is 1.88 bits per heavy atom. The number of fused-ring (bicyclic) bond motifs is 1. The molecule has 0 bridgehead atoms. The van der Waals surface area contributed by atoms with Crippen LogP contribution in [0.3, 0.4) is 0 Å². The van der Waals surface area contributed by atoms with Crippen LogP contribution in [0.4, 0.5) is 0 Å². The maximum atomic E-state index is 5.98. The topological polar surface area (TPSA) is 9.23 Å². The second kappa shape index (κ2) is 7.21. The van der Waals surface area contributed by atoms with Gasteiger partial charge in [0.2, 0.25) is 0 Å². The van der Waals surface area contributed by atoms with Gasteiger partial charge in [0.25, 0.3) is 0 Å².